The molecule has 0 N–H and O–H groups in total. The van der Waals surface area contributed by atoms with E-state index in [-0.39, 0.29) is 27.7 Å². The Balaban J connectivity index is 2.42. The fourth-order valence-corrected chi connectivity index (χ4v) is 6.02. The summed E-state index contributed by atoms with van der Waals surface area (Å²) >= 11 is 6.00. The summed E-state index contributed by atoms with van der Waals surface area (Å²) in [5.74, 6) is 0.565. The standard InChI is InChI=1S/C7H11ClO2S/c1-6-3-11(9,10)4-7(6,2)5(6)8/h5H,3-4H2,1-2H3. The highest BCUT2D eigenvalue weighted by Gasteiger charge is 2.76. The van der Waals surface area contributed by atoms with E-state index in [9.17, 15) is 8.42 Å². The van der Waals surface area contributed by atoms with Gasteiger partial charge in [-0.1, -0.05) is 13.8 Å². The van der Waals surface area contributed by atoms with E-state index in [4.69, 9.17) is 11.6 Å². The average Bonchev–Trinajstić information content (AvgIpc) is 2.15. The van der Waals surface area contributed by atoms with Gasteiger partial charge in [-0.25, -0.2) is 8.42 Å². The Bertz CT molecular complexity index is 286. The van der Waals surface area contributed by atoms with Crippen molar-refractivity contribution in [1.82, 2.24) is 0 Å². The van der Waals surface area contributed by atoms with Crippen LogP contribution >= 0.6 is 11.6 Å². The van der Waals surface area contributed by atoms with E-state index in [2.05, 4.69) is 0 Å². The van der Waals surface area contributed by atoms with Crippen molar-refractivity contribution in [2.45, 2.75) is 19.2 Å². The number of fused-ring (bicyclic) bond motifs is 1. The highest BCUT2D eigenvalue weighted by atomic mass is 35.5. The molecule has 1 aliphatic carbocycles. The van der Waals surface area contributed by atoms with Gasteiger partial charge >= 0.3 is 0 Å². The summed E-state index contributed by atoms with van der Waals surface area (Å²) in [6.07, 6.45) is 0. The Kier molecular flexibility index (Phi) is 1.16. The molecule has 4 heteroatoms. The molecule has 2 aliphatic rings. The normalized spacial score (nSPS) is 59.0. The van der Waals surface area contributed by atoms with Crippen LogP contribution in [0.2, 0.25) is 0 Å². The van der Waals surface area contributed by atoms with E-state index < -0.39 is 9.84 Å². The van der Waals surface area contributed by atoms with Crippen LogP contribution in [0, 0.1) is 10.8 Å². The van der Waals surface area contributed by atoms with Crippen LogP contribution in [0.4, 0.5) is 0 Å². The smallest absolute Gasteiger partial charge is 0.151 e. The summed E-state index contributed by atoms with van der Waals surface area (Å²) in [5.41, 5.74) is -0.263. The van der Waals surface area contributed by atoms with Gasteiger partial charge in [0.05, 0.1) is 11.5 Å². The molecule has 0 bridgehead atoms. The van der Waals surface area contributed by atoms with Crippen molar-refractivity contribution in [3.05, 3.63) is 0 Å². The fraction of sp³-hybridized carbons (Fsp3) is 1.00. The van der Waals surface area contributed by atoms with Crippen LogP contribution in [0.3, 0.4) is 0 Å². The molecule has 0 aromatic rings. The van der Waals surface area contributed by atoms with Crippen molar-refractivity contribution in [3.8, 4) is 0 Å². The van der Waals surface area contributed by atoms with Crippen molar-refractivity contribution in [2.75, 3.05) is 11.5 Å². The Morgan fingerprint density at radius 3 is 1.91 bits per heavy atom. The second-order valence-electron chi connectivity index (χ2n) is 4.23. The van der Waals surface area contributed by atoms with Crippen LogP contribution in [0.15, 0.2) is 0 Å². The fourth-order valence-electron chi connectivity index (χ4n) is 2.33. The largest absolute Gasteiger partial charge is 0.229 e. The third kappa shape index (κ3) is 0.712. The average molecular weight is 195 g/mol. The third-order valence-corrected chi connectivity index (χ3v) is 6.42. The molecule has 0 amide bonds. The molecular weight excluding hydrogens is 184 g/mol. The summed E-state index contributed by atoms with van der Waals surface area (Å²) in [6.45, 7) is 3.93. The zero-order chi connectivity index (χ0) is 8.49. The van der Waals surface area contributed by atoms with E-state index in [0.717, 1.165) is 0 Å². The topological polar surface area (TPSA) is 34.1 Å². The van der Waals surface area contributed by atoms with E-state index in [1.807, 2.05) is 13.8 Å². The first-order valence-electron chi connectivity index (χ1n) is 3.66. The number of hydrogen-bond donors (Lipinski definition) is 0. The van der Waals surface area contributed by atoms with Crippen molar-refractivity contribution in [3.63, 3.8) is 0 Å². The zero-order valence-corrected chi connectivity index (χ0v) is 8.17. The lowest BCUT2D eigenvalue weighted by Crippen LogP contribution is -2.15. The van der Waals surface area contributed by atoms with E-state index >= 15 is 0 Å². The van der Waals surface area contributed by atoms with Crippen LogP contribution in [0.25, 0.3) is 0 Å². The summed E-state index contributed by atoms with van der Waals surface area (Å²) in [5, 5.41) is 0.0681. The first-order valence-corrected chi connectivity index (χ1v) is 5.92. The Labute approximate surface area is 71.8 Å². The van der Waals surface area contributed by atoms with E-state index in [0.29, 0.717) is 0 Å². The minimum Gasteiger partial charge on any atom is -0.229 e. The number of rotatable bonds is 0. The van der Waals surface area contributed by atoms with E-state index in [1.165, 1.54) is 0 Å². The highest BCUT2D eigenvalue weighted by molar-refractivity contribution is 7.91. The van der Waals surface area contributed by atoms with Gasteiger partial charge in [-0.3, -0.25) is 0 Å². The highest BCUT2D eigenvalue weighted by Crippen LogP contribution is 2.71. The first kappa shape index (κ1) is 7.87. The Hall–Kier alpha value is 0.240. The minimum atomic E-state index is -2.78. The van der Waals surface area contributed by atoms with Crippen LogP contribution in [0.1, 0.15) is 13.8 Å². The maximum absolute atomic E-state index is 11.2. The summed E-state index contributed by atoms with van der Waals surface area (Å²) in [6, 6.07) is 0. The minimum absolute atomic E-state index is 0.0681. The van der Waals surface area contributed by atoms with Crippen molar-refractivity contribution in [2.24, 2.45) is 10.8 Å². The van der Waals surface area contributed by atoms with Crippen LogP contribution in [0.5, 0.6) is 0 Å². The number of halogens is 1. The Morgan fingerprint density at radius 1 is 1.27 bits per heavy atom. The van der Waals surface area contributed by atoms with Crippen LogP contribution in [-0.4, -0.2) is 25.3 Å². The maximum Gasteiger partial charge on any atom is 0.151 e. The van der Waals surface area contributed by atoms with Gasteiger partial charge in [-0.05, 0) is 0 Å². The molecule has 2 fully saturated rings. The third-order valence-electron chi connectivity index (χ3n) is 3.38. The molecule has 0 aromatic carbocycles. The number of alkyl halides is 1. The quantitative estimate of drug-likeness (QED) is 0.541. The lowest BCUT2D eigenvalue weighted by Gasteiger charge is -2.01. The van der Waals surface area contributed by atoms with Gasteiger partial charge in [-0.15, -0.1) is 11.6 Å². The molecule has 1 heterocycles. The molecule has 1 aliphatic heterocycles. The monoisotopic (exact) mass is 194 g/mol. The lowest BCUT2D eigenvalue weighted by molar-refractivity contribution is 0.494. The summed E-state index contributed by atoms with van der Waals surface area (Å²) < 4.78 is 22.3. The molecule has 2 rings (SSSR count). The maximum atomic E-state index is 11.2. The first-order chi connectivity index (χ1) is 4.82. The van der Waals surface area contributed by atoms with Gasteiger partial charge in [-0.2, -0.15) is 0 Å². The predicted molar refractivity (Wildman–Crippen MR) is 44.5 cm³/mol. The summed E-state index contributed by atoms with van der Waals surface area (Å²) in [4.78, 5) is 0. The van der Waals surface area contributed by atoms with Gasteiger partial charge in [0.15, 0.2) is 9.84 Å². The molecule has 1 saturated heterocycles. The van der Waals surface area contributed by atoms with Crippen molar-refractivity contribution >= 4 is 21.4 Å². The molecule has 64 valence electrons. The van der Waals surface area contributed by atoms with Gasteiger partial charge < -0.3 is 0 Å². The van der Waals surface area contributed by atoms with Gasteiger partial charge in [0.25, 0.3) is 0 Å². The second kappa shape index (κ2) is 1.62. The number of sulfone groups is 1. The summed E-state index contributed by atoms with van der Waals surface area (Å²) in [7, 11) is -2.78. The molecule has 0 spiro atoms. The molecule has 1 saturated carbocycles. The predicted octanol–water partition coefficient (Wildman–Crippen LogP) is 1.05. The van der Waals surface area contributed by atoms with Crippen molar-refractivity contribution < 1.29 is 8.42 Å². The SMILES string of the molecule is CC12CS(=O)(=O)CC1(C)C2Cl. The van der Waals surface area contributed by atoms with Crippen LogP contribution in [-0.2, 0) is 9.84 Å². The molecular formula is C7H11ClO2S. The molecule has 0 aromatic heterocycles. The number of hydrogen-bond acceptors (Lipinski definition) is 2. The zero-order valence-electron chi connectivity index (χ0n) is 6.59. The second-order valence-corrected chi connectivity index (χ2v) is 6.73. The van der Waals surface area contributed by atoms with Gasteiger partial charge in [0.2, 0.25) is 0 Å². The molecule has 2 nitrogen and oxygen atoms in total. The van der Waals surface area contributed by atoms with Crippen molar-refractivity contribution in [1.29, 1.82) is 0 Å². The Morgan fingerprint density at radius 2 is 1.64 bits per heavy atom. The molecule has 2 unspecified atom stereocenters. The molecule has 0 radical (unpaired) electrons. The van der Waals surface area contributed by atoms with Gasteiger partial charge in [0, 0.05) is 16.2 Å². The van der Waals surface area contributed by atoms with Gasteiger partial charge in [0.1, 0.15) is 0 Å². The van der Waals surface area contributed by atoms with Crippen LogP contribution < -0.4 is 0 Å². The van der Waals surface area contributed by atoms with E-state index in [1.54, 1.807) is 0 Å². The molecule has 2 atom stereocenters. The molecule has 11 heavy (non-hydrogen) atoms. The lowest BCUT2D eigenvalue weighted by atomic mass is 10.0.